The molecule has 3 saturated heterocycles. The topological polar surface area (TPSA) is 41.3 Å². The van der Waals surface area contributed by atoms with Crippen LogP contribution in [0.15, 0.2) is 22.7 Å². The van der Waals surface area contributed by atoms with Gasteiger partial charge in [0.1, 0.15) is 0 Å². The lowest BCUT2D eigenvalue weighted by atomic mass is 9.84. The molecule has 1 N–H and O–H groups in total. The molecule has 118 valence electrons. The molecule has 0 aliphatic carbocycles. The van der Waals surface area contributed by atoms with Crippen LogP contribution in [-0.2, 0) is 6.18 Å². The molecule has 2 aromatic rings. The average Bonchev–Trinajstić information content (AvgIpc) is 2.90. The minimum Gasteiger partial charge on any atom is -0.362 e. The molecule has 1 aromatic carbocycles. The Morgan fingerprint density at radius 3 is 2.64 bits per heavy atom. The van der Waals surface area contributed by atoms with Gasteiger partial charge in [-0.1, -0.05) is 5.16 Å². The Hall–Kier alpha value is -1.76. The first-order chi connectivity index (χ1) is 10.5. The molecule has 3 fully saturated rings. The molecule has 5 rings (SSSR count). The third-order valence-corrected chi connectivity index (χ3v) is 4.78. The Morgan fingerprint density at radius 2 is 2.00 bits per heavy atom. The number of halogens is 3. The normalized spacial score (nSPS) is 28.2. The Balaban J connectivity index is 1.60. The summed E-state index contributed by atoms with van der Waals surface area (Å²) in [5, 5.41) is 7.89. The highest BCUT2D eigenvalue weighted by Gasteiger charge is 2.35. The fourth-order valence-corrected chi connectivity index (χ4v) is 3.52. The van der Waals surface area contributed by atoms with E-state index in [0.717, 1.165) is 44.6 Å². The van der Waals surface area contributed by atoms with E-state index in [-0.39, 0.29) is 11.6 Å². The van der Waals surface area contributed by atoms with Crippen molar-refractivity contribution in [1.82, 2.24) is 10.1 Å². The van der Waals surface area contributed by atoms with Gasteiger partial charge in [-0.05, 0) is 50.0 Å². The molecule has 7 heteroatoms. The van der Waals surface area contributed by atoms with Crippen LogP contribution >= 0.6 is 0 Å². The number of piperidine rings is 3. The Morgan fingerprint density at radius 1 is 1.23 bits per heavy atom. The standard InChI is InChI=1S/C15H16F3N3O/c16-15(17,18)10-1-2-11-13(7-10)22-20-14(11)19-12-8-21-5-3-9(12)4-6-21/h1-2,7,9,12H,3-6,8H2,(H,19,20)/t12-/m1/s1. The van der Waals surface area contributed by atoms with Gasteiger partial charge in [0.05, 0.1) is 10.9 Å². The Labute approximate surface area is 125 Å². The van der Waals surface area contributed by atoms with Crippen molar-refractivity contribution >= 4 is 16.8 Å². The molecule has 1 atom stereocenters. The number of anilines is 1. The largest absolute Gasteiger partial charge is 0.416 e. The van der Waals surface area contributed by atoms with Gasteiger partial charge in [0.2, 0.25) is 0 Å². The third-order valence-electron chi connectivity index (χ3n) is 4.78. The van der Waals surface area contributed by atoms with E-state index in [2.05, 4.69) is 15.4 Å². The zero-order valence-corrected chi connectivity index (χ0v) is 11.9. The molecule has 1 aromatic heterocycles. The first-order valence-corrected chi connectivity index (χ1v) is 7.46. The van der Waals surface area contributed by atoms with Crippen molar-refractivity contribution in [2.45, 2.75) is 25.1 Å². The molecule has 0 radical (unpaired) electrons. The van der Waals surface area contributed by atoms with Crippen molar-refractivity contribution in [3.05, 3.63) is 23.8 Å². The van der Waals surface area contributed by atoms with Gasteiger partial charge in [-0.25, -0.2) is 0 Å². The maximum atomic E-state index is 12.7. The smallest absolute Gasteiger partial charge is 0.362 e. The van der Waals surface area contributed by atoms with Gasteiger partial charge in [-0.3, -0.25) is 0 Å². The van der Waals surface area contributed by atoms with E-state index in [1.807, 2.05) is 0 Å². The Bertz CT molecular complexity index is 689. The summed E-state index contributed by atoms with van der Waals surface area (Å²) in [6.07, 6.45) is -2.05. The predicted molar refractivity (Wildman–Crippen MR) is 75.6 cm³/mol. The van der Waals surface area contributed by atoms with Crippen LogP contribution in [0.2, 0.25) is 0 Å². The molecule has 0 saturated carbocycles. The molecular formula is C15H16F3N3O. The highest BCUT2D eigenvalue weighted by atomic mass is 19.4. The van der Waals surface area contributed by atoms with E-state index in [1.165, 1.54) is 6.07 Å². The van der Waals surface area contributed by atoms with Crippen molar-refractivity contribution in [3.63, 3.8) is 0 Å². The molecule has 2 bridgehead atoms. The number of nitrogens with zero attached hydrogens (tertiary/aromatic N) is 2. The zero-order chi connectivity index (χ0) is 15.3. The highest BCUT2D eigenvalue weighted by molar-refractivity contribution is 5.88. The number of hydrogen-bond donors (Lipinski definition) is 1. The van der Waals surface area contributed by atoms with E-state index in [4.69, 9.17) is 4.52 Å². The summed E-state index contributed by atoms with van der Waals surface area (Å²) >= 11 is 0. The van der Waals surface area contributed by atoms with Gasteiger partial charge in [-0.2, -0.15) is 13.2 Å². The minimum atomic E-state index is -4.37. The SMILES string of the molecule is FC(F)(F)c1ccc2c(N[C@@H]3CN4CCC3CC4)noc2c1. The molecular weight excluding hydrogens is 295 g/mol. The maximum Gasteiger partial charge on any atom is 0.416 e. The zero-order valence-electron chi connectivity index (χ0n) is 11.9. The molecule has 4 heterocycles. The van der Waals surface area contributed by atoms with Crippen LogP contribution in [0.5, 0.6) is 0 Å². The second-order valence-corrected chi connectivity index (χ2v) is 6.13. The van der Waals surface area contributed by atoms with E-state index in [1.54, 1.807) is 0 Å². The summed E-state index contributed by atoms with van der Waals surface area (Å²) in [6.45, 7) is 3.23. The highest BCUT2D eigenvalue weighted by Crippen LogP contribution is 2.35. The second-order valence-electron chi connectivity index (χ2n) is 6.13. The van der Waals surface area contributed by atoms with E-state index >= 15 is 0 Å². The van der Waals surface area contributed by atoms with Crippen LogP contribution in [0.25, 0.3) is 11.0 Å². The van der Waals surface area contributed by atoms with Crippen molar-refractivity contribution in [2.75, 3.05) is 25.0 Å². The van der Waals surface area contributed by atoms with Crippen molar-refractivity contribution < 1.29 is 17.7 Å². The van der Waals surface area contributed by atoms with E-state index in [9.17, 15) is 13.2 Å². The maximum absolute atomic E-state index is 12.7. The quantitative estimate of drug-likeness (QED) is 0.923. The van der Waals surface area contributed by atoms with Gasteiger partial charge in [0.25, 0.3) is 0 Å². The van der Waals surface area contributed by atoms with Crippen LogP contribution in [0, 0.1) is 5.92 Å². The predicted octanol–water partition coefficient (Wildman–Crippen LogP) is 3.35. The monoisotopic (exact) mass is 311 g/mol. The average molecular weight is 311 g/mol. The van der Waals surface area contributed by atoms with E-state index < -0.39 is 11.7 Å². The number of aromatic nitrogens is 1. The molecule has 3 aliphatic heterocycles. The molecule has 4 nitrogen and oxygen atoms in total. The van der Waals surface area contributed by atoms with Gasteiger partial charge < -0.3 is 14.7 Å². The number of rotatable bonds is 2. The number of nitrogens with one attached hydrogen (secondary N) is 1. The number of hydrogen-bond acceptors (Lipinski definition) is 4. The van der Waals surface area contributed by atoms with Gasteiger partial charge >= 0.3 is 6.18 Å². The van der Waals surface area contributed by atoms with Gasteiger partial charge in [-0.15, -0.1) is 0 Å². The van der Waals surface area contributed by atoms with Crippen molar-refractivity contribution in [2.24, 2.45) is 5.92 Å². The van der Waals surface area contributed by atoms with Crippen molar-refractivity contribution in [1.29, 1.82) is 0 Å². The van der Waals surface area contributed by atoms with Gasteiger partial charge in [0, 0.05) is 12.6 Å². The van der Waals surface area contributed by atoms with Crippen LogP contribution in [-0.4, -0.2) is 35.7 Å². The first-order valence-electron chi connectivity index (χ1n) is 7.46. The van der Waals surface area contributed by atoms with Crippen molar-refractivity contribution in [3.8, 4) is 0 Å². The van der Waals surface area contributed by atoms with E-state index in [0.29, 0.717) is 17.1 Å². The molecule has 22 heavy (non-hydrogen) atoms. The second kappa shape index (κ2) is 4.87. The first kappa shape index (κ1) is 13.9. The lowest BCUT2D eigenvalue weighted by Crippen LogP contribution is -2.53. The summed E-state index contributed by atoms with van der Waals surface area (Å²) < 4.78 is 43.2. The molecule has 0 amide bonds. The number of benzene rings is 1. The lowest BCUT2D eigenvalue weighted by Gasteiger charge is -2.44. The fourth-order valence-electron chi connectivity index (χ4n) is 3.52. The van der Waals surface area contributed by atoms with Crippen LogP contribution < -0.4 is 5.32 Å². The van der Waals surface area contributed by atoms with Crippen LogP contribution in [0.4, 0.5) is 19.0 Å². The summed E-state index contributed by atoms with van der Waals surface area (Å²) in [5.41, 5.74) is -0.552. The fraction of sp³-hybridized carbons (Fsp3) is 0.533. The van der Waals surface area contributed by atoms with Crippen LogP contribution in [0.3, 0.4) is 0 Å². The number of fused-ring (bicyclic) bond motifs is 4. The third kappa shape index (κ3) is 2.33. The summed E-state index contributed by atoms with van der Waals surface area (Å²) in [7, 11) is 0. The minimum absolute atomic E-state index is 0.165. The van der Waals surface area contributed by atoms with Crippen LogP contribution in [0.1, 0.15) is 18.4 Å². The summed E-state index contributed by atoms with van der Waals surface area (Å²) in [4.78, 5) is 2.40. The molecule has 3 aliphatic rings. The number of alkyl halides is 3. The lowest BCUT2D eigenvalue weighted by molar-refractivity contribution is -0.137. The van der Waals surface area contributed by atoms with Gasteiger partial charge in [0.15, 0.2) is 11.4 Å². The molecule has 0 unspecified atom stereocenters. The summed E-state index contributed by atoms with van der Waals surface area (Å²) in [5.74, 6) is 1.15. The Kier molecular flexibility index (Phi) is 3.07. The molecule has 0 spiro atoms. The summed E-state index contributed by atoms with van der Waals surface area (Å²) in [6, 6.07) is 3.79.